The molecule has 25 heavy (non-hydrogen) atoms. The number of nitrogens with one attached hydrogen (secondary N) is 2. The van der Waals surface area contributed by atoms with Gasteiger partial charge in [-0.25, -0.2) is 4.39 Å². The lowest BCUT2D eigenvalue weighted by molar-refractivity contribution is 0.358. The molecule has 0 amide bonds. The highest BCUT2D eigenvalue weighted by atomic mass is 127. The fourth-order valence-corrected chi connectivity index (χ4v) is 2.13. The molecule has 0 aliphatic carbocycles. The molecular weight excluding hydrogens is 432 g/mol. The summed E-state index contributed by atoms with van der Waals surface area (Å²) in [6.07, 6.45) is 1.72. The quantitative estimate of drug-likeness (QED) is 0.289. The Kier molecular flexibility index (Phi) is 9.61. The van der Waals surface area contributed by atoms with Crippen LogP contribution in [0.1, 0.15) is 11.1 Å². The largest absolute Gasteiger partial charge is 0.489 e. The third-order valence-corrected chi connectivity index (χ3v) is 3.37. The Labute approximate surface area is 165 Å². The summed E-state index contributed by atoms with van der Waals surface area (Å²) in [4.78, 5) is 4.19. The molecule has 134 valence electrons. The molecule has 0 atom stereocenters. The Hall–Kier alpha value is -2.09. The highest BCUT2D eigenvalue weighted by Crippen LogP contribution is 2.17. The van der Waals surface area contributed by atoms with E-state index in [1.807, 2.05) is 24.3 Å². The first-order valence-electron chi connectivity index (χ1n) is 7.73. The molecule has 2 rings (SSSR count). The van der Waals surface area contributed by atoms with E-state index in [4.69, 9.17) is 4.74 Å². The second-order valence-corrected chi connectivity index (χ2v) is 5.11. The van der Waals surface area contributed by atoms with E-state index in [0.717, 1.165) is 16.9 Å². The van der Waals surface area contributed by atoms with Gasteiger partial charge in [0.05, 0.1) is 0 Å². The van der Waals surface area contributed by atoms with Gasteiger partial charge >= 0.3 is 0 Å². The molecule has 2 N–H and O–H groups in total. The minimum Gasteiger partial charge on any atom is -0.489 e. The molecule has 6 heteroatoms. The van der Waals surface area contributed by atoms with Gasteiger partial charge in [0.25, 0.3) is 0 Å². The van der Waals surface area contributed by atoms with Crippen molar-refractivity contribution in [3.8, 4) is 5.75 Å². The van der Waals surface area contributed by atoms with Crippen molar-refractivity contribution in [1.82, 2.24) is 10.6 Å². The number of guanidine groups is 1. The molecule has 0 aromatic heterocycles. The van der Waals surface area contributed by atoms with Gasteiger partial charge in [0.1, 0.15) is 18.2 Å². The molecule has 4 nitrogen and oxygen atoms in total. The van der Waals surface area contributed by atoms with Crippen molar-refractivity contribution < 1.29 is 9.13 Å². The van der Waals surface area contributed by atoms with Gasteiger partial charge in [-0.1, -0.05) is 43.0 Å². The van der Waals surface area contributed by atoms with Crippen LogP contribution < -0.4 is 15.4 Å². The summed E-state index contributed by atoms with van der Waals surface area (Å²) in [6.45, 7) is 5.27. The van der Waals surface area contributed by atoms with E-state index < -0.39 is 0 Å². The summed E-state index contributed by atoms with van der Waals surface area (Å²) < 4.78 is 18.6. The number of aliphatic imine (C=N–C) groups is 1. The lowest BCUT2D eigenvalue weighted by Gasteiger charge is -2.14. The van der Waals surface area contributed by atoms with Crippen molar-refractivity contribution in [1.29, 1.82) is 0 Å². The Balaban J connectivity index is 0.00000312. The number of nitrogens with zero attached hydrogens (tertiary/aromatic N) is 1. The van der Waals surface area contributed by atoms with E-state index in [0.29, 0.717) is 25.7 Å². The number of hydrogen-bond donors (Lipinski definition) is 2. The van der Waals surface area contributed by atoms with E-state index in [1.165, 1.54) is 12.1 Å². The van der Waals surface area contributed by atoms with Gasteiger partial charge in [0, 0.05) is 25.7 Å². The average Bonchev–Trinajstić information content (AvgIpc) is 2.62. The summed E-state index contributed by atoms with van der Waals surface area (Å²) in [5.41, 5.74) is 2.01. The van der Waals surface area contributed by atoms with Gasteiger partial charge in [0.2, 0.25) is 0 Å². The van der Waals surface area contributed by atoms with Gasteiger partial charge in [-0.05, 0) is 23.8 Å². The van der Waals surface area contributed by atoms with Gasteiger partial charge in [-0.3, -0.25) is 4.99 Å². The second kappa shape index (κ2) is 11.5. The van der Waals surface area contributed by atoms with E-state index in [1.54, 1.807) is 25.3 Å². The SMILES string of the molecule is C=CCOc1ccccc1CNC(=NC)NCc1ccc(F)cc1.I. The van der Waals surface area contributed by atoms with Crippen LogP contribution in [0.2, 0.25) is 0 Å². The molecular formula is C19H23FIN3O. The van der Waals surface area contributed by atoms with Crippen molar-refractivity contribution in [2.45, 2.75) is 13.1 Å². The Morgan fingerprint density at radius 1 is 1.12 bits per heavy atom. The average molecular weight is 455 g/mol. The summed E-state index contributed by atoms with van der Waals surface area (Å²) in [5.74, 6) is 1.24. The molecule has 0 heterocycles. The number of ether oxygens (including phenoxy) is 1. The highest BCUT2D eigenvalue weighted by Gasteiger charge is 2.04. The molecule has 0 aliphatic rings. The number of para-hydroxylation sites is 1. The minimum absolute atomic E-state index is 0. The standard InChI is InChI=1S/C19H22FN3O.HI/c1-3-12-24-18-7-5-4-6-16(18)14-23-19(21-2)22-13-15-8-10-17(20)11-9-15;/h3-11H,1,12-14H2,2H3,(H2,21,22,23);1H. The predicted molar refractivity (Wildman–Crippen MR) is 111 cm³/mol. The maximum absolute atomic E-state index is 12.9. The fourth-order valence-electron chi connectivity index (χ4n) is 2.13. The first-order chi connectivity index (χ1) is 11.7. The summed E-state index contributed by atoms with van der Waals surface area (Å²) in [5, 5.41) is 6.44. The first kappa shape index (κ1) is 21.0. The molecule has 0 spiro atoms. The van der Waals surface area contributed by atoms with Crippen LogP contribution >= 0.6 is 24.0 Å². The van der Waals surface area contributed by atoms with Crippen LogP contribution in [-0.2, 0) is 13.1 Å². The first-order valence-corrected chi connectivity index (χ1v) is 7.73. The highest BCUT2D eigenvalue weighted by molar-refractivity contribution is 14.0. The van der Waals surface area contributed by atoms with Crippen LogP contribution in [0, 0.1) is 5.82 Å². The second-order valence-electron chi connectivity index (χ2n) is 5.11. The maximum Gasteiger partial charge on any atom is 0.191 e. The zero-order valence-electron chi connectivity index (χ0n) is 14.2. The lowest BCUT2D eigenvalue weighted by atomic mass is 10.2. The van der Waals surface area contributed by atoms with Crippen molar-refractivity contribution in [3.05, 3.63) is 78.1 Å². The molecule has 0 aliphatic heterocycles. The molecule has 0 radical (unpaired) electrons. The lowest BCUT2D eigenvalue weighted by Crippen LogP contribution is -2.36. The van der Waals surface area contributed by atoms with Crippen LogP contribution in [0.4, 0.5) is 4.39 Å². The summed E-state index contributed by atoms with van der Waals surface area (Å²) >= 11 is 0. The molecule has 0 saturated heterocycles. The third kappa shape index (κ3) is 7.13. The zero-order chi connectivity index (χ0) is 17.2. The van der Waals surface area contributed by atoms with Crippen molar-refractivity contribution in [3.63, 3.8) is 0 Å². The maximum atomic E-state index is 12.9. The van der Waals surface area contributed by atoms with E-state index >= 15 is 0 Å². The molecule has 0 fully saturated rings. The van der Waals surface area contributed by atoms with Crippen LogP contribution in [0.3, 0.4) is 0 Å². The smallest absolute Gasteiger partial charge is 0.191 e. The van der Waals surface area contributed by atoms with Gasteiger partial charge in [-0.15, -0.1) is 24.0 Å². The third-order valence-electron chi connectivity index (χ3n) is 3.37. The number of halogens is 2. The van der Waals surface area contributed by atoms with Crippen LogP contribution in [0.25, 0.3) is 0 Å². The van der Waals surface area contributed by atoms with E-state index in [9.17, 15) is 4.39 Å². The number of benzene rings is 2. The van der Waals surface area contributed by atoms with Gasteiger partial charge in [-0.2, -0.15) is 0 Å². The molecule has 0 bridgehead atoms. The molecule has 0 saturated carbocycles. The van der Waals surface area contributed by atoms with Crippen molar-refractivity contribution >= 4 is 29.9 Å². The van der Waals surface area contributed by atoms with Gasteiger partial charge < -0.3 is 15.4 Å². The normalized spacial score (nSPS) is 10.6. The van der Waals surface area contributed by atoms with Gasteiger partial charge in [0.15, 0.2) is 5.96 Å². The topological polar surface area (TPSA) is 45.6 Å². The monoisotopic (exact) mass is 455 g/mol. The van der Waals surface area contributed by atoms with E-state index in [-0.39, 0.29) is 29.8 Å². The Morgan fingerprint density at radius 2 is 1.80 bits per heavy atom. The Bertz CT molecular complexity index is 689. The van der Waals surface area contributed by atoms with Crippen molar-refractivity contribution in [2.24, 2.45) is 4.99 Å². The zero-order valence-corrected chi connectivity index (χ0v) is 16.5. The van der Waals surface area contributed by atoms with Crippen LogP contribution in [-0.4, -0.2) is 19.6 Å². The van der Waals surface area contributed by atoms with E-state index in [2.05, 4.69) is 22.2 Å². The molecule has 2 aromatic rings. The minimum atomic E-state index is -0.239. The molecule has 2 aromatic carbocycles. The molecule has 0 unspecified atom stereocenters. The Morgan fingerprint density at radius 3 is 2.48 bits per heavy atom. The van der Waals surface area contributed by atoms with Crippen LogP contribution in [0.15, 0.2) is 66.2 Å². The van der Waals surface area contributed by atoms with Crippen molar-refractivity contribution in [2.75, 3.05) is 13.7 Å². The van der Waals surface area contributed by atoms with Crippen LogP contribution in [0.5, 0.6) is 5.75 Å². The summed E-state index contributed by atoms with van der Waals surface area (Å²) in [7, 11) is 1.71. The fraction of sp³-hybridized carbons (Fsp3) is 0.211. The number of rotatable bonds is 7. The summed E-state index contributed by atoms with van der Waals surface area (Å²) in [6, 6.07) is 14.2. The number of hydrogen-bond acceptors (Lipinski definition) is 2. The predicted octanol–water partition coefficient (Wildman–Crippen LogP) is 3.87.